The maximum Gasteiger partial charge on any atom is 0.417 e. The average molecular weight is 362 g/mol. The molecule has 3 aromatic heterocycles. The lowest BCUT2D eigenvalue weighted by Crippen LogP contribution is -2.05. The van der Waals surface area contributed by atoms with E-state index in [2.05, 4.69) is 15.1 Å². The summed E-state index contributed by atoms with van der Waals surface area (Å²) in [6, 6.07) is 2.50. The molecule has 0 aliphatic rings. The summed E-state index contributed by atoms with van der Waals surface area (Å²) in [5.74, 6) is 0.907. The van der Waals surface area contributed by atoms with Crippen molar-refractivity contribution in [2.75, 3.05) is 0 Å². The summed E-state index contributed by atoms with van der Waals surface area (Å²) in [4.78, 5) is 7.87. The van der Waals surface area contributed by atoms with Crippen LogP contribution in [-0.2, 0) is 11.9 Å². The minimum absolute atomic E-state index is 0.0802. The number of pyridine rings is 1. The molecule has 3 rings (SSSR count). The molecule has 0 atom stereocenters. The highest BCUT2D eigenvalue weighted by molar-refractivity contribution is 7.98. The lowest BCUT2D eigenvalue weighted by molar-refractivity contribution is -0.137. The van der Waals surface area contributed by atoms with Crippen LogP contribution in [0.5, 0.6) is 0 Å². The minimum Gasteiger partial charge on any atom is -0.472 e. The van der Waals surface area contributed by atoms with Gasteiger partial charge in [-0.15, -0.1) is 0 Å². The van der Waals surface area contributed by atoms with E-state index in [-0.39, 0.29) is 15.8 Å². The van der Waals surface area contributed by atoms with E-state index in [4.69, 9.17) is 20.5 Å². The number of hydrogen-bond acceptors (Lipinski definition) is 6. The number of furan rings is 1. The lowest BCUT2D eigenvalue weighted by atomic mass is 10.3. The molecule has 0 unspecified atom stereocenters. The molecular weight excluding hydrogens is 355 g/mol. The van der Waals surface area contributed by atoms with Crippen LogP contribution in [0.4, 0.5) is 13.2 Å². The molecule has 0 aliphatic carbocycles. The van der Waals surface area contributed by atoms with Crippen molar-refractivity contribution in [3.8, 4) is 11.5 Å². The number of nitrogens with zero attached hydrogens (tertiary/aromatic N) is 3. The molecule has 0 radical (unpaired) electrons. The van der Waals surface area contributed by atoms with E-state index in [9.17, 15) is 13.2 Å². The zero-order valence-corrected chi connectivity index (χ0v) is 12.7. The van der Waals surface area contributed by atoms with E-state index in [1.54, 1.807) is 6.07 Å². The van der Waals surface area contributed by atoms with Crippen LogP contribution in [0.1, 0.15) is 11.4 Å². The van der Waals surface area contributed by atoms with Crippen molar-refractivity contribution in [1.82, 2.24) is 15.1 Å². The Morgan fingerprint density at radius 2 is 2.13 bits per heavy atom. The van der Waals surface area contributed by atoms with Crippen LogP contribution < -0.4 is 0 Å². The van der Waals surface area contributed by atoms with Crippen molar-refractivity contribution in [3.05, 3.63) is 47.3 Å². The standard InChI is InChI=1S/C13H7ClF3N3O2S/c14-9-3-8(13(15,16)17)4-18-12(9)23-6-10-19-11(22-20-10)7-1-2-21-5-7/h1-5H,6H2. The second-order valence-electron chi connectivity index (χ2n) is 4.33. The summed E-state index contributed by atoms with van der Waals surface area (Å²) < 4.78 is 47.6. The van der Waals surface area contributed by atoms with Crippen molar-refractivity contribution in [3.63, 3.8) is 0 Å². The molecule has 5 nitrogen and oxygen atoms in total. The van der Waals surface area contributed by atoms with Crippen LogP contribution in [0.25, 0.3) is 11.5 Å². The Morgan fingerprint density at radius 1 is 1.30 bits per heavy atom. The van der Waals surface area contributed by atoms with Crippen molar-refractivity contribution >= 4 is 23.4 Å². The Bertz CT molecular complexity index is 805. The second kappa shape index (κ2) is 6.25. The summed E-state index contributed by atoms with van der Waals surface area (Å²) >= 11 is 6.94. The summed E-state index contributed by atoms with van der Waals surface area (Å²) in [6.07, 6.45) is -0.813. The fourth-order valence-electron chi connectivity index (χ4n) is 1.64. The second-order valence-corrected chi connectivity index (χ2v) is 5.70. The molecule has 10 heteroatoms. The van der Waals surface area contributed by atoms with Crippen LogP contribution >= 0.6 is 23.4 Å². The van der Waals surface area contributed by atoms with Crippen molar-refractivity contribution in [1.29, 1.82) is 0 Å². The van der Waals surface area contributed by atoms with Crippen molar-refractivity contribution in [2.45, 2.75) is 17.0 Å². The number of alkyl halides is 3. The lowest BCUT2D eigenvalue weighted by Gasteiger charge is -2.08. The Labute approximate surface area is 136 Å². The Kier molecular flexibility index (Phi) is 4.31. The average Bonchev–Trinajstić information content (AvgIpc) is 3.16. The number of thioether (sulfide) groups is 1. The summed E-state index contributed by atoms with van der Waals surface area (Å²) in [7, 11) is 0. The van der Waals surface area contributed by atoms with Gasteiger partial charge in [-0.05, 0) is 12.1 Å². The van der Waals surface area contributed by atoms with Crippen LogP contribution in [-0.4, -0.2) is 15.1 Å². The predicted molar refractivity (Wildman–Crippen MR) is 75.8 cm³/mol. The van der Waals surface area contributed by atoms with Gasteiger partial charge in [-0.2, -0.15) is 18.2 Å². The van der Waals surface area contributed by atoms with Gasteiger partial charge in [0.1, 0.15) is 11.3 Å². The molecule has 3 heterocycles. The first kappa shape index (κ1) is 15.9. The Balaban J connectivity index is 1.69. The van der Waals surface area contributed by atoms with Gasteiger partial charge >= 0.3 is 6.18 Å². The maximum atomic E-state index is 12.5. The first-order valence-corrected chi connectivity index (χ1v) is 7.50. The Hall–Kier alpha value is -2.00. The molecular formula is C13H7ClF3N3O2S. The number of aromatic nitrogens is 3. The van der Waals surface area contributed by atoms with Crippen molar-refractivity contribution < 1.29 is 22.1 Å². The van der Waals surface area contributed by atoms with Gasteiger partial charge in [0.15, 0.2) is 5.82 Å². The maximum absolute atomic E-state index is 12.5. The number of halogens is 4. The predicted octanol–water partition coefficient (Wildman–Crippen LogP) is 4.69. The minimum atomic E-state index is -4.48. The van der Waals surface area contributed by atoms with E-state index in [0.29, 0.717) is 17.3 Å². The summed E-state index contributed by atoms with van der Waals surface area (Å²) in [5.41, 5.74) is -0.256. The number of hydrogen-bond donors (Lipinski definition) is 0. The summed E-state index contributed by atoms with van der Waals surface area (Å²) in [6.45, 7) is 0. The van der Waals surface area contributed by atoms with Crippen molar-refractivity contribution in [2.24, 2.45) is 0 Å². The molecule has 0 saturated heterocycles. The van der Waals surface area contributed by atoms with Crippen LogP contribution in [0, 0.1) is 0 Å². The quantitative estimate of drug-likeness (QED) is 0.628. The van der Waals surface area contributed by atoms with Gasteiger partial charge in [0.2, 0.25) is 0 Å². The molecule has 0 spiro atoms. The highest BCUT2D eigenvalue weighted by Gasteiger charge is 2.31. The van der Waals surface area contributed by atoms with Gasteiger partial charge in [-0.25, -0.2) is 4.98 Å². The first-order valence-electron chi connectivity index (χ1n) is 6.14. The molecule has 0 amide bonds. The third kappa shape index (κ3) is 3.67. The zero-order valence-electron chi connectivity index (χ0n) is 11.2. The Morgan fingerprint density at radius 3 is 2.78 bits per heavy atom. The van der Waals surface area contributed by atoms with Gasteiger partial charge in [-0.1, -0.05) is 28.5 Å². The van der Waals surface area contributed by atoms with E-state index in [1.165, 1.54) is 12.5 Å². The zero-order chi connectivity index (χ0) is 16.4. The fraction of sp³-hybridized carbons (Fsp3) is 0.154. The van der Waals surface area contributed by atoms with Crippen LogP contribution in [0.2, 0.25) is 5.02 Å². The molecule has 0 bridgehead atoms. The fourth-order valence-corrected chi connectivity index (χ4v) is 2.67. The molecule has 0 aromatic carbocycles. The molecule has 0 fully saturated rings. The highest BCUT2D eigenvalue weighted by Crippen LogP contribution is 2.34. The molecule has 3 aromatic rings. The highest BCUT2D eigenvalue weighted by atomic mass is 35.5. The van der Waals surface area contributed by atoms with Gasteiger partial charge < -0.3 is 8.94 Å². The van der Waals surface area contributed by atoms with E-state index >= 15 is 0 Å². The van der Waals surface area contributed by atoms with Gasteiger partial charge in [-0.3, -0.25) is 0 Å². The molecule has 23 heavy (non-hydrogen) atoms. The van der Waals surface area contributed by atoms with Gasteiger partial charge in [0.25, 0.3) is 5.89 Å². The third-order valence-corrected chi connectivity index (χ3v) is 4.11. The van der Waals surface area contributed by atoms with E-state index in [0.717, 1.165) is 24.0 Å². The monoisotopic (exact) mass is 361 g/mol. The van der Waals surface area contributed by atoms with Crippen LogP contribution in [0.3, 0.4) is 0 Å². The normalized spacial score (nSPS) is 11.8. The van der Waals surface area contributed by atoms with Gasteiger partial charge in [0.05, 0.1) is 28.2 Å². The number of rotatable bonds is 4. The molecule has 0 saturated carbocycles. The van der Waals surface area contributed by atoms with Crippen LogP contribution in [0.15, 0.2) is 44.8 Å². The molecule has 120 valence electrons. The smallest absolute Gasteiger partial charge is 0.417 e. The first-order chi connectivity index (χ1) is 10.9. The van der Waals surface area contributed by atoms with E-state index < -0.39 is 11.7 Å². The largest absolute Gasteiger partial charge is 0.472 e. The van der Waals surface area contributed by atoms with E-state index in [1.807, 2.05) is 0 Å². The topological polar surface area (TPSA) is 65.0 Å². The molecule has 0 N–H and O–H groups in total. The SMILES string of the molecule is FC(F)(F)c1cnc(SCc2noc(-c3ccoc3)n2)c(Cl)c1. The summed E-state index contributed by atoms with van der Waals surface area (Å²) in [5, 5.41) is 3.95. The molecule has 0 aliphatic heterocycles. The third-order valence-electron chi connectivity index (χ3n) is 2.71. The van der Waals surface area contributed by atoms with Gasteiger partial charge in [0, 0.05) is 6.20 Å².